The van der Waals surface area contributed by atoms with E-state index in [9.17, 15) is 0 Å². The van der Waals surface area contributed by atoms with Gasteiger partial charge < -0.3 is 23.7 Å². The minimum Gasteiger partial charge on any atom is -0.377 e. The van der Waals surface area contributed by atoms with Gasteiger partial charge in [-0.05, 0) is 26.0 Å². The summed E-state index contributed by atoms with van der Waals surface area (Å²) in [4.78, 5) is 4.53. The summed E-state index contributed by atoms with van der Waals surface area (Å²) in [6, 6.07) is 3.61. The normalized spacial score (nSPS) is 25.6. The molecule has 0 saturated carbocycles. The fraction of sp³-hybridized carbons (Fsp3) is 0.706. The van der Waals surface area contributed by atoms with Crippen molar-refractivity contribution in [2.45, 2.75) is 39.3 Å². The Morgan fingerprint density at radius 3 is 1.79 bits per heavy atom. The van der Waals surface area contributed by atoms with Crippen LogP contribution in [0.4, 0.5) is 0 Å². The predicted molar refractivity (Wildman–Crippen MR) is 90.2 cm³/mol. The highest BCUT2D eigenvalue weighted by Gasteiger charge is 2.09. The van der Waals surface area contributed by atoms with E-state index in [4.69, 9.17) is 35.3 Å². The number of pyridine rings is 1. The molecule has 0 spiro atoms. The van der Waals surface area contributed by atoms with Gasteiger partial charge in [0, 0.05) is 5.02 Å². The Morgan fingerprint density at radius 1 is 0.833 bits per heavy atom. The van der Waals surface area contributed by atoms with E-state index in [1.165, 1.54) is 0 Å². The summed E-state index contributed by atoms with van der Waals surface area (Å²) in [7, 11) is 0. The fourth-order valence-corrected chi connectivity index (χ4v) is 2.40. The molecule has 6 nitrogen and oxygen atoms in total. The Balaban J connectivity index is 1.95. The van der Waals surface area contributed by atoms with Gasteiger partial charge in [0.15, 0.2) is 0 Å². The highest BCUT2D eigenvalue weighted by Crippen LogP contribution is 2.15. The van der Waals surface area contributed by atoms with Crippen molar-refractivity contribution in [3.05, 3.63) is 28.5 Å². The van der Waals surface area contributed by atoms with Gasteiger partial charge in [-0.3, -0.25) is 4.98 Å². The van der Waals surface area contributed by atoms with Crippen LogP contribution in [0.5, 0.6) is 0 Å². The first-order valence-corrected chi connectivity index (χ1v) is 8.63. The average Bonchev–Trinajstić information content (AvgIpc) is 2.55. The van der Waals surface area contributed by atoms with Crippen molar-refractivity contribution >= 4 is 11.6 Å². The minimum atomic E-state index is -0.0345. The lowest BCUT2D eigenvalue weighted by molar-refractivity contribution is -0.0480. The molecule has 1 aromatic rings. The molecule has 1 aliphatic heterocycles. The first-order chi connectivity index (χ1) is 11.6. The number of hydrogen-bond acceptors (Lipinski definition) is 6. The summed E-state index contributed by atoms with van der Waals surface area (Å²) in [5.41, 5.74) is 1.56. The molecule has 0 saturated heterocycles. The van der Waals surface area contributed by atoms with E-state index in [-0.39, 0.29) is 12.2 Å². The average molecular weight is 360 g/mol. The van der Waals surface area contributed by atoms with E-state index in [1.54, 1.807) is 12.1 Å². The number of rotatable bonds is 0. The third kappa shape index (κ3) is 7.88. The molecule has 0 unspecified atom stereocenters. The second-order valence-electron chi connectivity index (χ2n) is 5.77. The van der Waals surface area contributed by atoms with Crippen LogP contribution in [0.3, 0.4) is 0 Å². The molecule has 0 radical (unpaired) electrons. The van der Waals surface area contributed by atoms with Crippen molar-refractivity contribution in [3.8, 4) is 0 Å². The number of hydrogen-bond donors (Lipinski definition) is 0. The van der Waals surface area contributed by atoms with Crippen molar-refractivity contribution in [3.63, 3.8) is 0 Å². The van der Waals surface area contributed by atoms with Gasteiger partial charge in [0.2, 0.25) is 0 Å². The van der Waals surface area contributed by atoms with Crippen molar-refractivity contribution in [2.24, 2.45) is 0 Å². The van der Waals surface area contributed by atoms with Crippen LogP contribution in [0.15, 0.2) is 12.1 Å². The Kier molecular flexibility index (Phi) is 8.94. The predicted octanol–water partition coefficient (Wildman–Crippen LogP) is 2.61. The van der Waals surface area contributed by atoms with Crippen LogP contribution in [0.2, 0.25) is 5.02 Å². The van der Waals surface area contributed by atoms with Gasteiger partial charge >= 0.3 is 0 Å². The fourth-order valence-electron chi connectivity index (χ4n) is 2.14. The quantitative estimate of drug-likeness (QED) is 0.709. The molecule has 0 amide bonds. The monoisotopic (exact) mass is 359 g/mol. The third-order valence-corrected chi connectivity index (χ3v) is 3.60. The molecule has 24 heavy (non-hydrogen) atoms. The second kappa shape index (κ2) is 11.0. The van der Waals surface area contributed by atoms with Crippen LogP contribution in [0, 0.1) is 0 Å². The highest BCUT2D eigenvalue weighted by molar-refractivity contribution is 6.30. The van der Waals surface area contributed by atoms with E-state index in [0.717, 1.165) is 11.4 Å². The smallest absolute Gasteiger partial charge is 0.0893 e. The van der Waals surface area contributed by atoms with Crippen LogP contribution < -0.4 is 0 Å². The van der Waals surface area contributed by atoms with Crippen molar-refractivity contribution in [1.29, 1.82) is 0 Å². The molecule has 1 aromatic heterocycles. The maximum absolute atomic E-state index is 6.16. The molecular weight excluding hydrogens is 334 g/mol. The van der Waals surface area contributed by atoms with E-state index in [1.807, 2.05) is 13.8 Å². The summed E-state index contributed by atoms with van der Waals surface area (Å²) in [6.07, 6.45) is -0.0690. The Bertz CT molecular complexity index is 450. The molecule has 2 rings (SSSR count). The lowest BCUT2D eigenvalue weighted by Crippen LogP contribution is -2.20. The van der Waals surface area contributed by atoms with Gasteiger partial charge in [0.25, 0.3) is 0 Å². The van der Waals surface area contributed by atoms with E-state index < -0.39 is 0 Å². The lowest BCUT2D eigenvalue weighted by Gasteiger charge is -2.16. The summed E-state index contributed by atoms with van der Waals surface area (Å²) in [5.74, 6) is 0. The first kappa shape index (κ1) is 19.6. The Morgan fingerprint density at radius 2 is 1.29 bits per heavy atom. The molecule has 7 heteroatoms. The number of aromatic nitrogens is 1. The molecule has 0 N–H and O–H groups in total. The van der Waals surface area contributed by atoms with E-state index in [2.05, 4.69) is 4.98 Å². The van der Waals surface area contributed by atoms with Gasteiger partial charge in [-0.1, -0.05) is 11.6 Å². The number of halogens is 1. The highest BCUT2D eigenvalue weighted by atomic mass is 35.5. The Hall–Kier alpha value is -0.760. The first-order valence-electron chi connectivity index (χ1n) is 8.25. The van der Waals surface area contributed by atoms with Gasteiger partial charge in [-0.25, -0.2) is 0 Å². The van der Waals surface area contributed by atoms with Crippen molar-refractivity contribution < 1.29 is 23.7 Å². The maximum atomic E-state index is 6.16. The summed E-state index contributed by atoms with van der Waals surface area (Å²) in [5, 5.41) is 0.626. The number of nitrogens with zero attached hydrogens (tertiary/aromatic N) is 1. The summed E-state index contributed by atoms with van der Waals surface area (Å²) < 4.78 is 28.0. The Labute approximate surface area is 148 Å². The van der Waals surface area contributed by atoms with Crippen LogP contribution in [0.1, 0.15) is 25.2 Å². The van der Waals surface area contributed by atoms with Crippen LogP contribution in [-0.2, 0) is 36.9 Å². The molecule has 0 aliphatic carbocycles. The van der Waals surface area contributed by atoms with Crippen molar-refractivity contribution in [1.82, 2.24) is 4.98 Å². The van der Waals surface area contributed by atoms with E-state index >= 15 is 0 Å². The molecule has 0 aromatic carbocycles. The minimum absolute atomic E-state index is 0.0345. The zero-order valence-corrected chi connectivity index (χ0v) is 15.1. The van der Waals surface area contributed by atoms with Crippen molar-refractivity contribution in [2.75, 3.05) is 39.6 Å². The largest absolute Gasteiger partial charge is 0.377 e. The molecule has 2 atom stereocenters. The molecule has 1 aliphatic rings. The van der Waals surface area contributed by atoms with Crippen LogP contribution in [-0.4, -0.2) is 56.8 Å². The van der Waals surface area contributed by atoms with Crippen LogP contribution in [0.25, 0.3) is 0 Å². The summed E-state index contributed by atoms with van der Waals surface area (Å²) >= 11 is 6.16. The molecular formula is C17H26ClNO5. The summed E-state index contributed by atoms with van der Waals surface area (Å²) in [6.45, 7) is 7.86. The van der Waals surface area contributed by atoms with Gasteiger partial charge in [-0.15, -0.1) is 0 Å². The van der Waals surface area contributed by atoms with Crippen LogP contribution >= 0.6 is 11.6 Å². The maximum Gasteiger partial charge on any atom is 0.0893 e. The molecule has 2 bridgehead atoms. The molecule has 136 valence electrons. The second-order valence-corrected chi connectivity index (χ2v) is 6.21. The third-order valence-electron chi connectivity index (χ3n) is 3.38. The number of fused-ring (bicyclic) bond motifs is 2. The van der Waals surface area contributed by atoms with Gasteiger partial charge in [0.1, 0.15) is 0 Å². The zero-order valence-electron chi connectivity index (χ0n) is 14.3. The molecule has 0 fully saturated rings. The number of ether oxygens (including phenoxy) is 5. The van der Waals surface area contributed by atoms with E-state index in [0.29, 0.717) is 57.9 Å². The standard InChI is InChI=1S/C17H26ClNO5/c1-13-9-21-5-3-20-4-6-22-10-14(2)24-12-17-8-15(18)7-16(19-17)11-23-13/h7-8,13-14H,3-6,9-12H2,1-2H3/t13-,14-/m0/s1. The zero-order chi connectivity index (χ0) is 17.2. The van der Waals surface area contributed by atoms with Gasteiger partial charge in [-0.2, -0.15) is 0 Å². The lowest BCUT2D eigenvalue weighted by atomic mass is 10.3. The topological polar surface area (TPSA) is 59.0 Å². The molecule has 2 heterocycles. The SMILES string of the molecule is C[C@H]1COCCOCCOC[C@H](C)OCc2cc(Cl)cc(n2)CO1. The van der Waals surface area contributed by atoms with Gasteiger partial charge in [0.05, 0.1) is 76.5 Å².